The van der Waals surface area contributed by atoms with E-state index in [0.717, 1.165) is 0 Å². The molecule has 132 valence electrons. The highest BCUT2D eigenvalue weighted by molar-refractivity contribution is 5.97. The van der Waals surface area contributed by atoms with Gasteiger partial charge in [0.1, 0.15) is 5.75 Å². The van der Waals surface area contributed by atoms with E-state index in [0.29, 0.717) is 17.0 Å². The van der Waals surface area contributed by atoms with Crippen LogP contribution in [0.3, 0.4) is 0 Å². The van der Waals surface area contributed by atoms with Gasteiger partial charge in [0, 0.05) is 16.8 Å². The van der Waals surface area contributed by atoms with Gasteiger partial charge in [-0.25, -0.2) is 0 Å². The van der Waals surface area contributed by atoms with Gasteiger partial charge in [-0.1, -0.05) is 18.2 Å². The van der Waals surface area contributed by atoms with Crippen LogP contribution < -0.4 is 15.4 Å². The van der Waals surface area contributed by atoms with E-state index in [2.05, 4.69) is 10.6 Å². The molecule has 25 heavy (non-hydrogen) atoms. The van der Waals surface area contributed by atoms with Crippen molar-refractivity contribution in [3.8, 4) is 5.75 Å². The SMILES string of the molecule is C[C@@H](Oc1ccccc1)C(=O)Nc1ccc(C(=O)NC(C)(C)C)cc1. The Morgan fingerprint density at radius 2 is 1.56 bits per heavy atom. The third kappa shape index (κ3) is 5.95. The molecule has 0 aliphatic heterocycles. The molecule has 0 spiro atoms. The summed E-state index contributed by atoms with van der Waals surface area (Å²) in [4.78, 5) is 24.3. The summed E-state index contributed by atoms with van der Waals surface area (Å²) in [6, 6.07) is 15.9. The Bertz CT molecular complexity index is 719. The lowest BCUT2D eigenvalue weighted by atomic mass is 10.1. The third-order valence-corrected chi connectivity index (χ3v) is 3.33. The number of amides is 2. The Kier molecular flexibility index (Phi) is 5.80. The number of carbonyl (C=O) groups is 2. The number of carbonyl (C=O) groups excluding carboxylic acids is 2. The zero-order valence-electron chi connectivity index (χ0n) is 15.0. The van der Waals surface area contributed by atoms with Gasteiger partial charge >= 0.3 is 0 Å². The van der Waals surface area contributed by atoms with Crippen molar-refractivity contribution in [3.63, 3.8) is 0 Å². The minimum atomic E-state index is -0.633. The highest BCUT2D eigenvalue weighted by Crippen LogP contribution is 2.14. The Labute approximate surface area is 148 Å². The first kappa shape index (κ1) is 18.5. The predicted octanol–water partition coefficient (Wildman–Crippen LogP) is 3.62. The van der Waals surface area contributed by atoms with E-state index in [1.807, 2.05) is 39.0 Å². The van der Waals surface area contributed by atoms with Crippen LogP contribution in [0.5, 0.6) is 5.75 Å². The van der Waals surface area contributed by atoms with Gasteiger partial charge < -0.3 is 15.4 Å². The summed E-state index contributed by atoms with van der Waals surface area (Å²) in [5.74, 6) is 0.237. The molecule has 2 aromatic carbocycles. The number of rotatable bonds is 5. The van der Waals surface area contributed by atoms with Crippen molar-refractivity contribution in [1.29, 1.82) is 0 Å². The fourth-order valence-corrected chi connectivity index (χ4v) is 2.12. The van der Waals surface area contributed by atoms with Crippen LogP contribution in [-0.2, 0) is 4.79 Å². The second-order valence-electron chi connectivity index (χ2n) is 6.84. The summed E-state index contributed by atoms with van der Waals surface area (Å²) in [5, 5.41) is 5.68. The molecule has 0 unspecified atom stereocenters. The van der Waals surface area contributed by atoms with E-state index in [9.17, 15) is 9.59 Å². The smallest absolute Gasteiger partial charge is 0.265 e. The standard InChI is InChI=1S/C20H24N2O3/c1-14(25-17-8-6-5-7-9-17)18(23)21-16-12-10-15(11-13-16)19(24)22-20(2,3)4/h5-14H,1-4H3,(H,21,23)(H,22,24)/t14-/m1/s1. The second-order valence-corrected chi connectivity index (χ2v) is 6.84. The first-order valence-electron chi connectivity index (χ1n) is 8.20. The Balaban J connectivity index is 1.94. The highest BCUT2D eigenvalue weighted by atomic mass is 16.5. The van der Waals surface area contributed by atoms with Crippen molar-refractivity contribution in [2.24, 2.45) is 0 Å². The Morgan fingerprint density at radius 1 is 0.960 bits per heavy atom. The summed E-state index contributed by atoms with van der Waals surface area (Å²) in [6.45, 7) is 7.46. The molecule has 2 N–H and O–H groups in total. The van der Waals surface area contributed by atoms with Crippen LogP contribution in [-0.4, -0.2) is 23.5 Å². The lowest BCUT2D eigenvalue weighted by Crippen LogP contribution is -2.40. The van der Waals surface area contributed by atoms with E-state index in [1.165, 1.54) is 0 Å². The fourth-order valence-electron chi connectivity index (χ4n) is 2.12. The zero-order chi connectivity index (χ0) is 18.4. The summed E-state index contributed by atoms with van der Waals surface area (Å²) < 4.78 is 5.59. The van der Waals surface area contributed by atoms with Gasteiger partial charge in [0.05, 0.1) is 0 Å². The molecule has 2 aromatic rings. The molecular weight excluding hydrogens is 316 g/mol. The van der Waals surface area contributed by atoms with E-state index in [4.69, 9.17) is 4.74 Å². The molecule has 0 fully saturated rings. The maximum absolute atomic E-state index is 12.2. The van der Waals surface area contributed by atoms with Gasteiger partial charge in [0.2, 0.25) is 0 Å². The largest absolute Gasteiger partial charge is 0.481 e. The molecule has 0 aliphatic rings. The maximum Gasteiger partial charge on any atom is 0.265 e. The average Bonchev–Trinajstić information content (AvgIpc) is 2.54. The molecule has 0 heterocycles. The van der Waals surface area contributed by atoms with Gasteiger partial charge in [0.25, 0.3) is 11.8 Å². The summed E-state index contributed by atoms with van der Waals surface area (Å²) >= 11 is 0. The van der Waals surface area contributed by atoms with Crippen LogP contribution in [0.1, 0.15) is 38.1 Å². The van der Waals surface area contributed by atoms with Crippen LogP contribution in [0.25, 0.3) is 0 Å². The van der Waals surface area contributed by atoms with E-state index in [1.54, 1.807) is 43.3 Å². The Hall–Kier alpha value is -2.82. The number of para-hydroxylation sites is 1. The molecule has 2 rings (SSSR count). The van der Waals surface area contributed by atoms with Crippen LogP contribution in [0, 0.1) is 0 Å². The number of nitrogens with one attached hydrogen (secondary N) is 2. The lowest BCUT2D eigenvalue weighted by molar-refractivity contribution is -0.122. The molecule has 0 saturated carbocycles. The van der Waals surface area contributed by atoms with E-state index < -0.39 is 6.10 Å². The predicted molar refractivity (Wildman–Crippen MR) is 98.8 cm³/mol. The third-order valence-electron chi connectivity index (χ3n) is 3.33. The van der Waals surface area contributed by atoms with E-state index in [-0.39, 0.29) is 17.4 Å². The van der Waals surface area contributed by atoms with Crippen molar-refractivity contribution < 1.29 is 14.3 Å². The highest BCUT2D eigenvalue weighted by Gasteiger charge is 2.17. The van der Waals surface area contributed by atoms with Crippen LogP contribution >= 0.6 is 0 Å². The van der Waals surface area contributed by atoms with Crippen LogP contribution in [0.4, 0.5) is 5.69 Å². The first-order chi connectivity index (χ1) is 11.7. The molecule has 1 atom stereocenters. The normalized spacial score (nSPS) is 12.2. The molecular formula is C20H24N2O3. The molecule has 0 aromatic heterocycles. The molecule has 0 aliphatic carbocycles. The zero-order valence-corrected chi connectivity index (χ0v) is 15.0. The van der Waals surface area contributed by atoms with E-state index >= 15 is 0 Å². The molecule has 0 bridgehead atoms. The number of hydrogen-bond donors (Lipinski definition) is 2. The number of benzene rings is 2. The summed E-state index contributed by atoms with van der Waals surface area (Å²) in [6.07, 6.45) is -0.633. The van der Waals surface area contributed by atoms with Gasteiger partial charge in [-0.3, -0.25) is 9.59 Å². The number of ether oxygens (including phenoxy) is 1. The van der Waals surface area contributed by atoms with Crippen molar-refractivity contribution in [3.05, 3.63) is 60.2 Å². The fraction of sp³-hybridized carbons (Fsp3) is 0.300. The average molecular weight is 340 g/mol. The van der Waals surface area contributed by atoms with Gasteiger partial charge in [0.15, 0.2) is 6.10 Å². The molecule has 0 saturated heterocycles. The van der Waals surface area contributed by atoms with Crippen molar-refractivity contribution in [2.75, 3.05) is 5.32 Å². The van der Waals surface area contributed by atoms with Gasteiger partial charge in [-0.05, 0) is 64.1 Å². The van der Waals surface area contributed by atoms with Crippen molar-refractivity contribution in [2.45, 2.75) is 39.3 Å². The second kappa shape index (κ2) is 7.83. The van der Waals surface area contributed by atoms with Crippen molar-refractivity contribution >= 4 is 17.5 Å². The van der Waals surface area contributed by atoms with Crippen LogP contribution in [0.2, 0.25) is 0 Å². The first-order valence-corrected chi connectivity index (χ1v) is 8.20. The number of hydrogen-bond acceptors (Lipinski definition) is 3. The molecule has 5 heteroatoms. The van der Waals surface area contributed by atoms with Crippen LogP contribution in [0.15, 0.2) is 54.6 Å². The van der Waals surface area contributed by atoms with Gasteiger partial charge in [-0.2, -0.15) is 0 Å². The quantitative estimate of drug-likeness (QED) is 0.873. The Morgan fingerprint density at radius 3 is 2.12 bits per heavy atom. The summed E-state index contributed by atoms with van der Waals surface area (Å²) in [7, 11) is 0. The van der Waals surface area contributed by atoms with Crippen molar-refractivity contribution in [1.82, 2.24) is 5.32 Å². The monoisotopic (exact) mass is 340 g/mol. The summed E-state index contributed by atoms with van der Waals surface area (Å²) in [5.41, 5.74) is 0.857. The molecule has 0 radical (unpaired) electrons. The lowest BCUT2D eigenvalue weighted by Gasteiger charge is -2.20. The molecule has 2 amide bonds. The maximum atomic E-state index is 12.2. The van der Waals surface area contributed by atoms with Gasteiger partial charge in [-0.15, -0.1) is 0 Å². The number of anilines is 1. The minimum Gasteiger partial charge on any atom is -0.481 e. The topological polar surface area (TPSA) is 67.4 Å². The minimum absolute atomic E-state index is 0.147. The molecule has 5 nitrogen and oxygen atoms in total.